The summed E-state index contributed by atoms with van der Waals surface area (Å²) in [5.41, 5.74) is 2.10. The molecule has 2 aromatic carbocycles. The van der Waals surface area contributed by atoms with E-state index < -0.39 is 0 Å². The SMILES string of the molecule is COc1ccc(NC(=O)c2cc(NCCCc3ccccc3)ncn2)c(OC)c1. The lowest BCUT2D eigenvalue weighted by Gasteiger charge is -2.12. The van der Waals surface area contributed by atoms with E-state index in [9.17, 15) is 4.79 Å². The van der Waals surface area contributed by atoms with E-state index >= 15 is 0 Å². The van der Waals surface area contributed by atoms with E-state index in [2.05, 4.69) is 32.7 Å². The lowest BCUT2D eigenvalue weighted by molar-refractivity contribution is 0.102. The van der Waals surface area contributed by atoms with Crippen molar-refractivity contribution in [2.75, 3.05) is 31.4 Å². The van der Waals surface area contributed by atoms with Gasteiger partial charge in [-0.15, -0.1) is 0 Å². The molecule has 0 aliphatic rings. The molecule has 0 aliphatic carbocycles. The van der Waals surface area contributed by atoms with Gasteiger partial charge in [0.2, 0.25) is 0 Å². The number of carbonyl (C=O) groups excluding carboxylic acids is 1. The molecule has 1 heterocycles. The van der Waals surface area contributed by atoms with E-state index in [4.69, 9.17) is 9.47 Å². The minimum Gasteiger partial charge on any atom is -0.497 e. The quantitative estimate of drug-likeness (QED) is 0.539. The summed E-state index contributed by atoms with van der Waals surface area (Å²) in [4.78, 5) is 20.8. The normalized spacial score (nSPS) is 10.3. The lowest BCUT2D eigenvalue weighted by atomic mass is 10.1. The second kappa shape index (κ2) is 10.1. The summed E-state index contributed by atoms with van der Waals surface area (Å²) < 4.78 is 10.5. The zero-order chi connectivity index (χ0) is 20.5. The van der Waals surface area contributed by atoms with E-state index in [0.717, 1.165) is 19.4 Å². The first-order chi connectivity index (χ1) is 14.2. The first-order valence-electron chi connectivity index (χ1n) is 9.33. The molecule has 0 saturated carbocycles. The van der Waals surface area contributed by atoms with E-state index in [1.54, 1.807) is 31.4 Å². The van der Waals surface area contributed by atoms with Crippen molar-refractivity contribution in [1.29, 1.82) is 0 Å². The van der Waals surface area contributed by atoms with Gasteiger partial charge in [-0.1, -0.05) is 30.3 Å². The van der Waals surface area contributed by atoms with Gasteiger partial charge < -0.3 is 20.1 Å². The van der Waals surface area contributed by atoms with Crippen LogP contribution in [0.15, 0.2) is 60.9 Å². The molecule has 0 unspecified atom stereocenters. The molecule has 7 heteroatoms. The summed E-state index contributed by atoms with van der Waals surface area (Å²) in [5, 5.41) is 6.05. The number of ether oxygens (including phenoxy) is 2. The molecule has 2 N–H and O–H groups in total. The van der Waals surface area contributed by atoms with Crippen molar-refractivity contribution in [2.45, 2.75) is 12.8 Å². The highest BCUT2D eigenvalue weighted by molar-refractivity contribution is 6.04. The highest BCUT2D eigenvalue weighted by atomic mass is 16.5. The van der Waals surface area contributed by atoms with Crippen LogP contribution in [-0.2, 0) is 6.42 Å². The number of anilines is 2. The van der Waals surface area contributed by atoms with Crippen molar-refractivity contribution < 1.29 is 14.3 Å². The zero-order valence-corrected chi connectivity index (χ0v) is 16.5. The fourth-order valence-corrected chi connectivity index (χ4v) is 2.82. The minimum atomic E-state index is -0.344. The summed E-state index contributed by atoms with van der Waals surface area (Å²) in [6.45, 7) is 0.749. The Bertz CT molecular complexity index is 948. The number of carbonyl (C=O) groups is 1. The predicted molar refractivity (Wildman–Crippen MR) is 113 cm³/mol. The molecule has 3 aromatic rings. The second-order valence-electron chi connectivity index (χ2n) is 6.32. The van der Waals surface area contributed by atoms with Crippen LogP contribution in [0.2, 0.25) is 0 Å². The Balaban J connectivity index is 1.58. The fraction of sp³-hybridized carbons (Fsp3) is 0.227. The van der Waals surface area contributed by atoms with Gasteiger partial charge in [0.25, 0.3) is 5.91 Å². The number of hydrogen-bond acceptors (Lipinski definition) is 6. The summed E-state index contributed by atoms with van der Waals surface area (Å²) in [5.74, 6) is 1.41. The average molecular weight is 392 g/mol. The molecule has 1 aromatic heterocycles. The smallest absolute Gasteiger partial charge is 0.274 e. The summed E-state index contributed by atoms with van der Waals surface area (Å²) in [6, 6.07) is 17.1. The van der Waals surface area contributed by atoms with Crippen molar-refractivity contribution in [2.24, 2.45) is 0 Å². The largest absolute Gasteiger partial charge is 0.497 e. The molecular weight excluding hydrogens is 368 g/mol. The Morgan fingerprint density at radius 2 is 1.83 bits per heavy atom. The van der Waals surface area contributed by atoms with Crippen molar-refractivity contribution in [3.63, 3.8) is 0 Å². The van der Waals surface area contributed by atoms with Crippen LogP contribution in [0.1, 0.15) is 22.5 Å². The van der Waals surface area contributed by atoms with Crippen molar-refractivity contribution in [3.05, 3.63) is 72.2 Å². The highest BCUT2D eigenvalue weighted by Gasteiger charge is 2.13. The number of amides is 1. The van der Waals surface area contributed by atoms with Crippen LogP contribution in [0.3, 0.4) is 0 Å². The number of nitrogens with one attached hydrogen (secondary N) is 2. The van der Waals surface area contributed by atoms with Gasteiger partial charge in [-0.05, 0) is 30.5 Å². The topological polar surface area (TPSA) is 85.4 Å². The van der Waals surface area contributed by atoms with Gasteiger partial charge >= 0.3 is 0 Å². The van der Waals surface area contributed by atoms with Gasteiger partial charge in [0.05, 0.1) is 19.9 Å². The molecule has 7 nitrogen and oxygen atoms in total. The summed E-state index contributed by atoms with van der Waals surface area (Å²) in [6.07, 6.45) is 3.31. The molecule has 0 bridgehead atoms. The molecule has 0 spiro atoms. The molecule has 0 radical (unpaired) electrons. The van der Waals surface area contributed by atoms with Crippen LogP contribution in [0.25, 0.3) is 0 Å². The number of aromatic nitrogens is 2. The van der Waals surface area contributed by atoms with E-state index in [1.165, 1.54) is 19.0 Å². The van der Waals surface area contributed by atoms with Crippen LogP contribution < -0.4 is 20.1 Å². The van der Waals surface area contributed by atoms with Crippen LogP contribution in [-0.4, -0.2) is 36.6 Å². The molecule has 29 heavy (non-hydrogen) atoms. The molecule has 1 amide bonds. The average Bonchev–Trinajstić information content (AvgIpc) is 2.78. The Labute approximate surface area is 170 Å². The van der Waals surface area contributed by atoms with Gasteiger partial charge in [-0.2, -0.15) is 0 Å². The van der Waals surface area contributed by atoms with Crippen molar-refractivity contribution in [1.82, 2.24) is 9.97 Å². The Morgan fingerprint density at radius 3 is 2.59 bits per heavy atom. The van der Waals surface area contributed by atoms with Gasteiger partial charge in [0.1, 0.15) is 29.3 Å². The van der Waals surface area contributed by atoms with Crippen LogP contribution in [0.4, 0.5) is 11.5 Å². The maximum absolute atomic E-state index is 12.6. The third kappa shape index (κ3) is 5.68. The molecule has 150 valence electrons. The Kier molecular flexibility index (Phi) is 7.00. The van der Waals surface area contributed by atoms with Crippen LogP contribution >= 0.6 is 0 Å². The van der Waals surface area contributed by atoms with Crippen LogP contribution in [0, 0.1) is 0 Å². The van der Waals surface area contributed by atoms with Crippen molar-refractivity contribution >= 4 is 17.4 Å². The van der Waals surface area contributed by atoms with Gasteiger partial charge in [0, 0.05) is 18.7 Å². The summed E-state index contributed by atoms with van der Waals surface area (Å²) in [7, 11) is 3.11. The number of rotatable bonds is 9. The van der Waals surface area contributed by atoms with Gasteiger partial charge in [0.15, 0.2) is 0 Å². The number of methoxy groups -OCH3 is 2. The van der Waals surface area contributed by atoms with E-state index in [1.807, 2.05) is 18.2 Å². The second-order valence-corrected chi connectivity index (χ2v) is 6.32. The molecule has 0 fully saturated rings. The Morgan fingerprint density at radius 1 is 1.00 bits per heavy atom. The highest BCUT2D eigenvalue weighted by Crippen LogP contribution is 2.29. The number of benzene rings is 2. The standard InChI is InChI=1S/C22H24N4O3/c1-28-17-10-11-18(20(13-17)29-2)26-22(27)19-14-21(25-15-24-19)23-12-6-9-16-7-4-3-5-8-16/h3-5,7-8,10-11,13-15H,6,9,12H2,1-2H3,(H,26,27)(H,23,24,25). The van der Waals surface area contributed by atoms with Crippen molar-refractivity contribution in [3.8, 4) is 11.5 Å². The number of nitrogens with zero attached hydrogens (tertiary/aromatic N) is 2. The fourth-order valence-electron chi connectivity index (χ4n) is 2.82. The molecule has 0 atom stereocenters. The number of aryl methyl sites for hydroxylation is 1. The minimum absolute atomic E-state index is 0.267. The van der Waals surface area contributed by atoms with Gasteiger partial charge in [-0.3, -0.25) is 4.79 Å². The third-order valence-corrected chi connectivity index (χ3v) is 4.35. The number of hydrogen-bond donors (Lipinski definition) is 2. The predicted octanol–water partition coefficient (Wildman–Crippen LogP) is 3.79. The van der Waals surface area contributed by atoms with Crippen LogP contribution in [0.5, 0.6) is 11.5 Å². The Hall–Kier alpha value is -3.61. The maximum Gasteiger partial charge on any atom is 0.274 e. The molecule has 3 rings (SSSR count). The van der Waals surface area contributed by atoms with E-state index in [-0.39, 0.29) is 11.6 Å². The van der Waals surface area contributed by atoms with Gasteiger partial charge in [-0.25, -0.2) is 9.97 Å². The molecule has 0 aliphatic heterocycles. The molecular formula is C22H24N4O3. The lowest BCUT2D eigenvalue weighted by Crippen LogP contribution is -2.15. The third-order valence-electron chi connectivity index (χ3n) is 4.35. The summed E-state index contributed by atoms with van der Waals surface area (Å²) >= 11 is 0. The first kappa shape index (κ1) is 20.1. The van der Waals surface area contributed by atoms with E-state index in [0.29, 0.717) is 23.0 Å². The first-order valence-corrected chi connectivity index (χ1v) is 9.33. The zero-order valence-electron chi connectivity index (χ0n) is 16.5. The maximum atomic E-state index is 12.6. The molecule has 0 saturated heterocycles. The monoisotopic (exact) mass is 392 g/mol.